The molecule has 1 N–H and O–H groups in total. The van der Waals surface area contributed by atoms with E-state index in [9.17, 15) is 4.79 Å². The molecule has 2 fully saturated rings. The topological polar surface area (TPSA) is 49.8 Å². The molecule has 0 spiro atoms. The van der Waals surface area contributed by atoms with Crippen molar-refractivity contribution in [1.29, 1.82) is 0 Å². The molecule has 1 saturated carbocycles. The van der Waals surface area contributed by atoms with Crippen LogP contribution in [0, 0.1) is 0 Å². The summed E-state index contributed by atoms with van der Waals surface area (Å²) in [6.07, 6.45) is 4.25. The molecule has 1 atom stereocenters. The minimum atomic E-state index is -0.244. The maximum Gasteiger partial charge on any atom is 0.410 e. The van der Waals surface area contributed by atoms with Crippen molar-refractivity contribution < 1.29 is 14.6 Å². The number of amides is 1. The maximum atomic E-state index is 11.3. The Labute approximate surface area is 77.5 Å². The summed E-state index contributed by atoms with van der Waals surface area (Å²) < 4.78 is 4.91. The van der Waals surface area contributed by atoms with Gasteiger partial charge in [0, 0.05) is 6.04 Å². The van der Waals surface area contributed by atoms with Gasteiger partial charge in [-0.05, 0) is 12.8 Å². The Morgan fingerprint density at radius 2 is 2.15 bits per heavy atom. The first kappa shape index (κ1) is 8.81. The first-order valence-electron chi connectivity index (χ1n) is 4.89. The normalized spacial score (nSPS) is 29.8. The van der Waals surface area contributed by atoms with Crippen LogP contribution in [0.1, 0.15) is 25.7 Å². The van der Waals surface area contributed by atoms with Crippen LogP contribution < -0.4 is 0 Å². The predicted molar refractivity (Wildman–Crippen MR) is 46.3 cm³/mol. The molecular weight excluding hydrogens is 170 g/mol. The molecule has 2 rings (SSSR count). The fourth-order valence-corrected chi connectivity index (χ4v) is 2.24. The molecule has 1 aliphatic carbocycles. The molecule has 0 bridgehead atoms. The Kier molecular flexibility index (Phi) is 2.40. The van der Waals surface area contributed by atoms with Crippen molar-refractivity contribution >= 4 is 6.09 Å². The highest BCUT2D eigenvalue weighted by Crippen LogP contribution is 2.28. The number of ether oxygens (including phenoxy) is 1. The molecular formula is C9H15NO3. The minimum absolute atomic E-state index is 0.0161. The van der Waals surface area contributed by atoms with Crippen LogP contribution in [-0.4, -0.2) is 41.4 Å². The lowest BCUT2D eigenvalue weighted by Gasteiger charge is -2.26. The quantitative estimate of drug-likeness (QED) is 0.690. The van der Waals surface area contributed by atoms with E-state index in [4.69, 9.17) is 9.84 Å². The second kappa shape index (κ2) is 3.54. The van der Waals surface area contributed by atoms with Crippen LogP contribution in [0.25, 0.3) is 0 Å². The van der Waals surface area contributed by atoms with Crippen LogP contribution >= 0.6 is 0 Å². The van der Waals surface area contributed by atoms with E-state index in [2.05, 4.69) is 0 Å². The molecule has 2 aliphatic rings. The number of aliphatic hydroxyl groups is 1. The lowest BCUT2D eigenvalue weighted by molar-refractivity contribution is 0.131. The van der Waals surface area contributed by atoms with Crippen LogP contribution in [0.3, 0.4) is 0 Å². The molecule has 74 valence electrons. The van der Waals surface area contributed by atoms with Gasteiger partial charge in [0.25, 0.3) is 0 Å². The molecule has 4 heteroatoms. The van der Waals surface area contributed by atoms with E-state index in [1.807, 2.05) is 0 Å². The van der Waals surface area contributed by atoms with E-state index in [1.54, 1.807) is 4.90 Å². The van der Waals surface area contributed by atoms with Gasteiger partial charge >= 0.3 is 6.09 Å². The monoisotopic (exact) mass is 185 g/mol. The lowest BCUT2D eigenvalue weighted by Crippen LogP contribution is -2.42. The molecule has 4 nitrogen and oxygen atoms in total. The van der Waals surface area contributed by atoms with Gasteiger partial charge in [0.1, 0.15) is 6.61 Å². The first-order chi connectivity index (χ1) is 6.33. The minimum Gasteiger partial charge on any atom is -0.447 e. The maximum absolute atomic E-state index is 11.3. The third-order valence-electron chi connectivity index (χ3n) is 2.93. The number of carbonyl (C=O) groups is 1. The Morgan fingerprint density at radius 3 is 2.77 bits per heavy atom. The smallest absolute Gasteiger partial charge is 0.410 e. The molecule has 0 aromatic rings. The van der Waals surface area contributed by atoms with Gasteiger partial charge in [-0.3, -0.25) is 4.90 Å². The van der Waals surface area contributed by atoms with Crippen LogP contribution in [0.4, 0.5) is 4.79 Å². The van der Waals surface area contributed by atoms with Crippen LogP contribution in [0.2, 0.25) is 0 Å². The molecule has 1 unspecified atom stereocenters. The van der Waals surface area contributed by atoms with E-state index >= 15 is 0 Å². The van der Waals surface area contributed by atoms with E-state index in [-0.39, 0.29) is 18.7 Å². The molecule has 1 aliphatic heterocycles. The van der Waals surface area contributed by atoms with Crippen LogP contribution in [0.5, 0.6) is 0 Å². The summed E-state index contributed by atoms with van der Waals surface area (Å²) in [5, 5.41) is 9.04. The summed E-state index contributed by atoms with van der Waals surface area (Å²) in [5.41, 5.74) is 0. The number of hydrogen-bond donors (Lipinski definition) is 1. The summed E-state index contributed by atoms with van der Waals surface area (Å²) in [5.74, 6) is 0. The van der Waals surface area contributed by atoms with Crippen LogP contribution in [-0.2, 0) is 4.74 Å². The standard InChI is InChI=1S/C9H15NO3/c11-5-8-6-13-9(12)10(8)7-3-1-2-4-7/h7-8,11H,1-6H2. The number of aliphatic hydroxyl groups excluding tert-OH is 1. The Morgan fingerprint density at radius 1 is 1.46 bits per heavy atom. The molecule has 0 radical (unpaired) electrons. The van der Waals surface area contributed by atoms with Crippen molar-refractivity contribution in [1.82, 2.24) is 4.90 Å². The molecule has 0 aromatic heterocycles. The lowest BCUT2D eigenvalue weighted by atomic mass is 10.2. The number of rotatable bonds is 2. The number of hydrogen-bond acceptors (Lipinski definition) is 3. The highest BCUT2D eigenvalue weighted by atomic mass is 16.6. The number of carbonyl (C=O) groups excluding carboxylic acids is 1. The van der Waals surface area contributed by atoms with E-state index in [0.717, 1.165) is 12.8 Å². The number of nitrogens with zero attached hydrogens (tertiary/aromatic N) is 1. The van der Waals surface area contributed by atoms with Gasteiger partial charge in [0.15, 0.2) is 0 Å². The van der Waals surface area contributed by atoms with Crippen molar-refractivity contribution in [3.63, 3.8) is 0 Å². The SMILES string of the molecule is O=C1OCC(CO)N1C1CCCC1. The molecule has 13 heavy (non-hydrogen) atoms. The number of cyclic esters (lactones) is 1. The van der Waals surface area contributed by atoms with Crippen molar-refractivity contribution in [3.05, 3.63) is 0 Å². The summed E-state index contributed by atoms with van der Waals surface area (Å²) >= 11 is 0. The summed E-state index contributed by atoms with van der Waals surface area (Å²) in [6, 6.07) is 0.211. The fraction of sp³-hybridized carbons (Fsp3) is 0.889. The average Bonchev–Trinajstić information content (AvgIpc) is 2.72. The Balaban J connectivity index is 2.04. The Hall–Kier alpha value is -0.770. The zero-order valence-electron chi connectivity index (χ0n) is 7.61. The van der Waals surface area contributed by atoms with Gasteiger partial charge in [-0.25, -0.2) is 4.79 Å². The van der Waals surface area contributed by atoms with Gasteiger partial charge in [-0.1, -0.05) is 12.8 Å². The van der Waals surface area contributed by atoms with Gasteiger partial charge < -0.3 is 9.84 Å². The predicted octanol–water partition coefficient (Wildman–Crippen LogP) is 0.742. The average molecular weight is 185 g/mol. The molecule has 1 amide bonds. The van der Waals surface area contributed by atoms with E-state index in [1.165, 1.54) is 12.8 Å². The molecule has 0 aromatic carbocycles. The summed E-state index contributed by atoms with van der Waals surface area (Å²) in [7, 11) is 0. The van der Waals surface area contributed by atoms with Gasteiger partial charge in [0.2, 0.25) is 0 Å². The third-order valence-corrected chi connectivity index (χ3v) is 2.93. The van der Waals surface area contributed by atoms with Crippen molar-refractivity contribution in [3.8, 4) is 0 Å². The van der Waals surface area contributed by atoms with Crippen molar-refractivity contribution in [2.75, 3.05) is 13.2 Å². The zero-order chi connectivity index (χ0) is 9.26. The van der Waals surface area contributed by atoms with Crippen molar-refractivity contribution in [2.45, 2.75) is 37.8 Å². The second-order valence-corrected chi connectivity index (χ2v) is 3.76. The fourth-order valence-electron chi connectivity index (χ4n) is 2.24. The molecule has 1 heterocycles. The molecule has 1 saturated heterocycles. The van der Waals surface area contributed by atoms with E-state index < -0.39 is 0 Å². The third kappa shape index (κ3) is 1.50. The zero-order valence-corrected chi connectivity index (χ0v) is 7.61. The largest absolute Gasteiger partial charge is 0.447 e. The van der Waals surface area contributed by atoms with Gasteiger partial charge in [0.05, 0.1) is 12.6 Å². The van der Waals surface area contributed by atoms with E-state index in [0.29, 0.717) is 12.6 Å². The highest BCUT2D eigenvalue weighted by molar-refractivity contribution is 5.70. The van der Waals surface area contributed by atoms with Crippen LogP contribution in [0.15, 0.2) is 0 Å². The summed E-state index contributed by atoms with van der Waals surface area (Å²) in [4.78, 5) is 13.1. The van der Waals surface area contributed by atoms with Gasteiger partial charge in [-0.15, -0.1) is 0 Å². The highest BCUT2D eigenvalue weighted by Gasteiger charge is 2.38. The first-order valence-corrected chi connectivity index (χ1v) is 4.89. The summed E-state index contributed by atoms with van der Waals surface area (Å²) in [6.45, 7) is 0.369. The Bertz CT molecular complexity index is 201. The van der Waals surface area contributed by atoms with Crippen molar-refractivity contribution in [2.24, 2.45) is 0 Å². The van der Waals surface area contributed by atoms with Gasteiger partial charge in [-0.2, -0.15) is 0 Å². The second-order valence-electron chi connectivity index (χ2n) is 3.76.